The minimum absolute atomic E-state index is 0.252. The van der Waals surface area contributed by atoms with Crippen molar-refractivity contribution in [2.24, 2.45) is 0 Å². The van der Waals surface area contributed by atoms with Gasteiger partial charge in [0, 0.05) is 7.11 Å². The van der Waals surface area contributed by atoms with Crippen LogP contribution in [-0.4, -0.2) is 18.0 Å². The van der Waals surface area contributed by atoms with Crippen molar-refractivity contribution in [3.8, 4) is 0 Å². The molecule has 0 unspecified atom stereocenters. The van der Waals surface area contributed by atoms with Crippen LogP contribution in [0.25, 0.3) is 0 Å². The maximum absolute atomic E-state index is 12.1. The maximum atomic E-state index is 12.1. The van der Waals surface area contributed by atoms with Gasteiger partial charge in [-0.2, -0.15) is 0 Å². The standard InChI is InChI=1S/C14H13ClN2O2/c1-19-13(10-5-3-2-4-6-10)14(18)17-11-7-8-12(15)16-9-11/h2-9,13H,1H3,(H,17,18)/t13-/m1/s1. The average Bonchev–Trinajstić information content (AvgIpc) is 2.43. The zero-order chi connectivity index (χ0) is 13.7. The Morgan fingerprint density at radius 2 is 2.00 bits per heavy atom. The molecule has 0 fully saturated rings. The number of aromatic nitrogens is 1. The van der Waals surface area contributed by atoms with Gasteiger partial charge in [-0.05, 0) is 17.7 Å². The lowest BCUT2D eigenvalue weighted by atomic mass is 10.1. The molecule has 0 bridgehead atoms. The largest absolute Gasteiger partial charge is 0.367 e. The summed E-state index contributed by atoms with van der Waals surface area (Å²) in [7, 11) is 1.50. The molecule has 0 spiro atoms. The lowest BCUT2D eigenvalue weighted by Gasteiger charge is -2.15. The summed E-state index contributed by atoms with van der Waals surface area (Å²) >= 11 is 5.69. The third-order valence-corrected chi connectivity index (χ3v) is 2.79. The molecule has 1 aromatic carbocycles. The van der Waals surface area contributed by atoms with Gasteiger partial charge in [0.2, 0.25) is 0 Å². The van der Waals surface area contributed by atoms with Gasteiger partial charge in [0.1, 0.15) is 5.15 Å². The minimum atomic E-state index is -0.656. The second-order valence-corrected chi connectivity index (χ2v) is 4.27. The minimum Gasteiger partial charge on any atom is -0.367 e. The fraction of sp³-hybridized carbons (Fsp3) is 0.143. The number of carbonyl (C=O) groups excluding carboxylic acids is 1. The van der Waals surface area contributed by atoms with E-state index >= 15 is 0 Å². The number of benzene rings is 1. The molecule has 1 amide bonds. The Morgan fingerprint density at radius 3 is 2.58 bits per heavy atom. The van der Waals surface area contributed by atoms with Gasteiger partial charge in [0.15, 0.2) is 6.10 Å². The Hall–Kier alpha value is -1.91. The molecule has 2 aromatic rings. The molecule has 98 valence electrons. The number of ether oxygens (including phenoxy) is 1. The van der Waals surface area contributed by atoms with Crippen LogP contribution in [0.1, 0.15) is 11.7 Å². The number of hydrogen-bond donors (Lipinski definition) is 1. The average molecular weight is 277 g/mol. The molecule has 5 heteroatoms. The summed E-state index contributed by atoms with van der Waals surface area (Å²) in [4.78, 5) is 16.0. The van der Waals surface area contributed by atoms with Gasteiger partial charge < -0.3 is 10.1 Å². The molecule has 2 rings (SSSR count). The SMILES string of the molecule is CO[C@@H](C(=O)Nc1ccc(Cl)nc1)c1ccccc1. The smallest absolute Gasteiger partial charge is 0.258 e. The highest BCUT2D eigenvalue weighted by Gasteiger charge is 2.19. The molecule has 1 N–H and O–H groups in total. The first-order valence-corrected chi connectivity index (χ1v) is 6.08. The second kappa shape index (κ2) is 6.31. The van der Waals surface area contributed by atoms with Crippen LogP contribution in [0.5, 0.6) is 0 Å². The van der Waals surface area contributed by atoms with E-state index in [1.807, 2.05) is 30.3 Å². The first kappa shape index (κ1) is 13.5. The van der Waals surface area contributed by atoms with E-state index in [0.29, 0.717) is 10.8 Å². The number of halogens is 1. The van der Waals surface area contributed by atoms with Crippen molar-refractivity contribution in [1.82, 2.24) is 4.98 Å². The summed E-state index contributed by atoms with van der Waals surface area (Å²) in [5.74, 6) is -0.252. The molecule has 1 heterocycles. The van der Waals surface area contributed by atoms with Crippen LogP contribution in [0.4, 0.5) is 5.69 Å². The zero-order valence-electron chi connectivity index (χ0n) is 10.3. The molecule has 1 atom stereocenters. The van der Waals surface area contributed by atoms with Gasteiger partial charge in [-0.25, -0.2) is 4.98 Å². The van der Waals surface area contributed by atoms with Crippen LogP contribution >= 0.6 is 11.6 Å². The summed E-state index contributed by atoms with van der Waals surface area (Å²) in [5, 5.41) is 3.11. The van der Waals surface area contributed by atoms with Crippen LogP contribution in [0.2, 0.25) is 5.15 Å². The third kappa shape index (κ3) is 3.53. The molecule has 4 nitrogen and oxygen atoms in total. The van der Waals surface area contributed by atoms with Crippen molar-refractivity contribution >= 4 is 23.2 Å². The molecule has 19 heavy (non-hydrogen) atoms. The van der Waals surface area contributed by atoms with Gasteiger partial charge in [-0.1, -0.05) is 41.9 Å². The molecule has 1 aromatic heterocycles. The number of rotatable bonds is 4. The van der Waals surface area contributed by atoms with Gasteiger partial charge in [0.05, 0.1) is 11.9 Å². The zero-order valence-corrected chi connectivity index (χ0v) is 11.1. The number of anilines is 1. The second-order valence-electron chi connectivity index (χ2n) is 3.89. The number of pyridine rings is 1. The molecular weight excluding hydrogens is 264 g/mol. The van der Waals surface area contributed by atoms with E-state index in [2.05, 4.69) is 10.3 Å². The van der Waals surface area contributed by atoms with E-state index < -0.39 is 6.10 Å². The Balaban J connectivity index is 2.11. The van der Waals surface area contributed by atoms with Crippen LogP contribution < -0.4 is 5.32 Å². The Labute approximate surface area is 116 Å². The molecule has 0 aliphatic rings. The fourth-order valence-corrected chi connectivity index (χ4v) is 1.79. The quantitative estimate of drug-likeness (QED) is 0.873. The predicted molar refractivity (Wildman–Crippen MR) is 74.1 cm³/mol. The normalized spacial score (nSPS) is 11.9. The summed E-state index contributed by atoms with van der Waals surface area (Å²) in [5.41, 5.74) is 1.37. The number of carbonyl (C=O) groups is 1. The van der Waals surface area contributed by atoms with Gasteiger partial charge in [-0.3, -0.25) is 4.79 Å². The summed E-state index contributed by atoms with van der Waals surface area (Å²) in [6.45, 7) is 0. The Morgan fingerprint density at radius 1 is 1.26 bits per heavy atom. The summed E-state index contributed by atoms with van der Waals surface area (Å²) < 4.78 is 5.24. The van der Waals surface area contributed by atoms with Crippen molar-refractivity contribution in [2.75, 3.05) is 12.4 Å². The van der Waals surface area contributed by atoms with E-state index in [-0.39, 0.29) is 5.91 Å². The van der Waals surface area contributed by atoms with E-state index in [9.17, 15) is 4.79 Å². The van der Waals surface area contributed by atoms with Crippen molar-refractivity contribution in [3.63, 3.8) is 0 Å². The van der Waals surface area contributed by atoms with Crippen molar-refractivity contribution < 1.29 is 9.53 Å². The van der Waals surface area contributed by atoms with E-state index in [0.717, 1.165) is 5.56 Å². The van der Waals surface area contributed by atoms with Crippen LogP contribution in [0, 0.1) is 0 Å². The Kier molecular flexibility index (Phi) is 4.49. The monoisotopic (exact) mass is 276 g/mol. The highest BCUT2D eigenvalue weighted by molar-refractivity contribution is 6.29. The van der Waals surface area contributed by atoms with Crippen LogP contribution in [0.3, 0.4) is 0 Å². The highest BCUT2D eigenvalue weighted by Crippen LogP contribution is 2.19. The maximum Gasteiger partial charge on any atom is 0.258 e. The topological polar surface area (TPSA) is 51.2 Å². The molecule has 0 aliphatic heterocycles. The Bertz CT molecular complexity index is 543. The number of amides is 1. The first-order chi connectivity index (χ1) is 9.20. The van der Waals surface area contributed by atoms with Crippen molar-refractivity contribution in [3.05, 3.63) is 59.4 Å². The lowest BCUT2D eigenvalue weighted by Crippen LogP contribution is -2.22. The van der Waals surface area contributed by atoms with Gasteiger partial charge >= 0.3 is 0 Å². The molecular formula is C14H13ClN2O2. The van der Waals surface area contributed by atoms with E-state index in [1.54, 1.807) is 12.1 Å². The van der Waals surface area contributed by atoms with E-state index in [1.165, 1.54) is 13.3 Å². The van der Waals surface area contributed by atoms with Crippen molar-refractivity contribution in [2.45, 2.75) is 6.10 Å². The predicted octanol–water partition coefficient (Wildman–Crippen LogP) is 3.06. The number of methoxy groups -OCH3 is 1. The summed E-state index contributed by atoms with van der Waals surface area (Å²) in [6, 6.07) is 12.6. The highest BCUT2D eigenvalue weighted by atomic mass is 35.5. The van der Waals surface area contributed by atoms with E-state index in [4.69, 9.17) is 16.3 Å². The van der Waals surface area contributed by atoms with Gasteiger partial charge in [-0.15, -0.1) is 0 Å². The summed E-state index contributed by atoms with van der Waals surface area (Å²) in [6.07, 6.45) is 0.842. The number of nitrogens with one attached hydrogen (secondary N) is 1. The van der Waals surface area contributed by atoms with Crippen LogP contribution in [-0.2, 0) is 9.53 Å². The number of nitrogens with zero attached hydrogens (tertiary/aromatic N) is 1. The van der Waals surface area contributed by atoms with Crippen LogP contribution in [0.15, 0.2) is 48.7 Å². The lowest BCUT2D eigenvalue weighted by molar-refractivity contribution is -0.126. The molecule has 0 aliphatic carbocycles. The molecule has 0 radical (unpaired) electrons. The fourth-order valence-electron chi connectivity index (χ4n) is 1.68. The third-order valence-electron chi connectivity index (χ3n) is 2.57. The number of hydrogen-bond acceptors (Lipinski definition) is 3. The first-order valence-electron chi connectivity index (χ1n) is 5.71. The molecule has 0 saturated carbocycles. The van der Waals surface area contributed by atoms with Crippen molar-refractivity contribution in [1.29, 1.82) is 0 Å². The molecule has 0 saturated heterocycles. The van der Waals surface area contributed by atoms with Gasteiger partial charge in [0.25, 0.3) is 5.91 Å².